The third-order valence-electron chi connectivity index (χ3n) is 2.50. The number of anilines is 1. The van der Waals surface area contributed by atoms with Crippen LogP contribution in [0.1, 0.15) is 20.3 Å². The Morgan fingerprint density at radius 1 is 1.59 bits per heavy atom. The van der Waals surface area contributed by atoms with Crippen LogP contribution >= 0.6 is 11.3 Å². The van der Waals surface area contributed by atoms with Gasteiger partial charge in [0, 0.05) is 11.6 Å². The molecule has 1 rings (SSSR count). The summed E-state index contributed by atoms with van der Waals surface area (Å²) in [5.74, 6) is -1.28. The summed E-state index contributed by atoms with van der Waals surface area (Å²) in [6, 6.07) is 0. The second kappa shape index (κ2) is 5.74. The predicted molar refractivity (Wildman–Crippen MR) is 65.1 cm³/mol. The average Bonchev–Trinajstić information content (AvgIpc) is 2.78. The van der Waals surface area contributed by atoms with Gasteiger partial charge in [0.25, 0.3) is 0 Å². The van der Waals surface area contributed by atoms with Crippen LogP contribution in [0.2, 0.25) is 0 Å². The molecule has 1 amide bonds. The van der Waals surface area contributed by atoms with Crippen LogP contribution < -0.4 is 10.6 Å². The van der Waals surface area contributed by atoms with Crippen LogP contribution in [0.5, 0.6) is 0 Å². The Kier molecular flexibility index (Phi) is 4.59. The number of thiazole rings is 1. The van der Waals surface area contributed by atoms with Gasteiger partial charge in [-0.05, 0) is 13.3 Å². The molecule has 1 atom stereocenters. The lowest BCUT2D eigenvalue weighted by atomic mass is 9.99. The second-order valence-corrected chi connectivity index (χ2v) is 4.62. The highest BCUT2D eigenvalue weighted by Crippen LogP contribution is 2.11. The summed E-state index contributed by atoms with van der Waals surface area (Å²) in [5.41, 5.74) is -1.08. The minimum absolute atomic E-state index is 0.0593. The number of amides is 1. The van der Waals surface area contributed by atoms with E-state index in [1.165, 1.54) is 11.3 Å². The number of nitrogens with one attached hydrogen (secondary N) is 2. The number of hydrogen-bond donors (Lipinski definition) is 3. The zero-order valence-corrected chi connectivity index (χ0v) is 10.5. The van der Waals surface area contributed by atoms with Gasteiger partial charge >= 0.3 is 5.97 Å². The summed E-state index contributed by atoms with van der Waals surface area (Å²) in [6.07, 6.45) is 1.98. The maximum atomic E-state index is 11.5. The smallest absolute Gasteiger partial charge is 0.323 e. The molecule has 0 bridgehead atoms. The molecule has 1 unspecified atom stereocenters. The lowest BCUT2D eigenvalue weighted by molar-refractivity contribution is -0.144. The largest absolute Gasteiger partial charge is 0.480 e. The van der Waals surface area contributed by atoms with Crippen molar-refractivity contribution in [3.63, 3.8) is 0 Å². The van der Waals surface area contributed by atoms with Gasteiger partial charge in [-0.3, -0.25) is 14.9 Å². The number of aliphatic carboxylic acids is 1. The molecule has 3 N–H and O–H groups in total. The number of hydrogen-bond acceptors (Lipinski definition) is 5. The molecule has 1 aromatic rings. The molecule has 1 heterocycles. The molecule has 0 saturated heterocycles. The summed E-state index contributed by atoms with van der Waals surface area (Å²) < 4.78 is 0. The average molecular weight is 257 g/mol. The normalized spacial score (nSPS) is 14.0. The van der Waals surface area contributed by atoms with Gasteiger partial charge in [0.15, 0.2) is 5.13 Å². The third-order valence-corrected chi connectivity index (χ3v) is 3.19. The third kappa shape index (κ3) is 3.79. The predicted octanol–water partition coefficient (Wildman–Crippen LogP) is 0.924. The first kappa shape index (κ1) is 13.6. The molecule has 1 aromatic heterocycles. The highest BCUT2D eigenvalue weighted by molar-refractivity contribution is 7.13. The van der Waals surface area contributed by atoms with Crippen molar-refractivity contribution >= 4 is 28.3 Å². The lowest BCUT2D eigenvalue weighted by Crippen LogP contribution is -2.51. The van der Waals surface area contributed by atoms with Gasteiger partial charge in [0.2, 0.25) is 5.91 Å². The van der Waals surface area contributed by atoms with Gasteiger partial charge < -0.3 is 10.4 Å². The van der Waals surface area contributed by atoms with Crippen molar-refractivity contribution in [1.29, 1.82) is 0 Å². The van der Waals surface area contributed by atoms with Gasteiger partial charge in [0.1, 0.15) is 5.54 Å². The Bertz CT molecular complexity index is 394. The number of carbonyl (C=O) groups is 2. The van der Waals surface area contributed by atoms with E-state index in [-0.39, 0.29) is 12.5 Å². The van der Waals surface area contributed by atoms with Crippen molar-refractivity contribution in [1.82, 2.24) is 10.3 Å². The van der Waals surface area contributed by atoms with Crippen LogP contribution in [-0.2, 0) is 9.59 Å². The second-order valence-electron chi connectivity index (χ2n) is 3.73. The van der Waals surface area contributed by atoms with Crippen LogP contribution in [0, 0.1) is 0 Å². The number of nitrogens with zero attached hydrogens (tertiary/aromatic N) is 1. The SMILES string of the molecule is CCC(C)(NCC(=O)Nc1nccs1)C(=O)O. The summed E-state index contributed by atoms with van der Waals surface area (Å²) in [6.45, 7) is 3.24. The minimum Gasteiger partial charge on any atom is -0.480 e. The Morgan fingerprint density at radius 3 is 2.76 bits per heavy atom. The van der Waals surface area contributed by atoms with Gasteiger partial charge in [0.05, 0.1) is 6.54 Å². The molecule has 0 saturated carbocycles. The molecule has 0 fully saturated rings. The quantitative estimate of drug-likeness (QED) is 0.705. The molecule has 6 nitrogen and oxygen atoms in total. The molecule has 0 aliphatic carbocycles. The molecule has 0 radical (unpaired) electrons. The molecule has 17 heavy (non-hydrogen) atoms. The standard InChI is InChI=1S/C10H15N3O3S/c1-3-10(2,8(15)16)12-6-7(14)13-9-11-4-5-17-9/h4-5,12H,3,6H2,1-2H3,(H,15,16)(H,11,13,14). The monoisotopic (exact) mass is 257 g/mol. The van der Waals surface area contributed by atoms with E-state index in [0.717, 1.165) is 0 Å². The van der Waals surface area contributed by atoms with Crippen molar-refractivity contribution < 1.29 is 14.7 Å². The first-order valence-corrected chi connectivity index (χ1v) is 6.03. The fourth-order valence-electron chi connectivity index (χ4n) is 1.08. The number of carboxylic acid groups (broad SMARTS) is 1. The maximum Gasteiger partial charge on any atom is 0.323 e. The highest BCUT2D eigenvalue weighted by atomic mass is 32.1. The number of carboxylic acids is 1. The van der Waals surface area contributed by atoms with Gasteiger partial charge in [-0.1, -0.05) is 6.92 Å². The van der Waals surface area contributed by atoms with Crippen LogP contribution in [-0.4, -0.2) is 34.1 Å². The first-order valence-electron chi connectivity index (χ1n) is 5.15. The minimum atomic E-state index is -1.08. The molecule has 0 aliphatic heterocycles. The van der Waals surface area contributed by atoms with E-state index in [1.54, 1.807) is 25.4 Å². The van der Waals surface area contributed by atoms with Crippen LogP contribution in [0.15, 0.2) is 11.6 Å². The zero-order chi connectivity index (χ0) is 12.9. The number of carbonyl (C=O) groups excluding carboxylic acids is 1. The summed E-state index contributed by atoms with van der Waals surface area (Å²) in [7, 11) is 0. The van der Waals surface area contributed by atoms with E-state index >= 15 is 0 Å². The summed E-state index contributed by atoms with van der Waals surface area (Å²) >= 11 is 1.31. The summed E-state index contributed by atoms with van der Waals surface area (Å²) in [4.78, 5) is 26.4. The van der Waals surface area contributed by atoms with E-state index in [2.05, 4.69) is 15.6 Å². The lowest BCUT2D eigenvalue weighted by Gasteiger charge is -2.24. The van der Waals surface area contributed by atoms with E-state index < -0.39 is 11.5 Å². The van der Waals surface area contributed by atoms with E-state index in [9.17, 15) is 9.59 Å². The van der Waals surface area contributed by atoms with Crippen molar-refractivity contribution in [3.8, 4) is 0 Å². The molecule has 0 aliphatic rings. The maximum absolute atomic E-state index is 11.5. The van der Waals surface area contributed by atoms with E-state index in [1.807, 2.05) is 0 Å². The molecule has 0 spiro atoms. The van der Waals surface area contributed by atoms with Crippen molar-refractivity contribution in [2.45, 2.75) is 25.8 Å². The Morgan fingerprint density at radius 2 is 2.29 bits per heavy atom. The Labute approximate surface area is 103 Å². The molecular weight excluding hydrogens is 242 g/mol. The van der Waals surface area contributed by atoms with Crippen LogP contribution in [0.3, 0.4) is 0 Å². The van der Waals surface area contributed by atoms with Crippen LogP contribution in [0.4, 0.5) is 5.13 Å². The Hall–Kier alpha value is -1.47. The fraction of sp³-hybridized carbons (Fsp3) is 0.500. The highest BCUT2D eigenvalue weighted by Gasteiger charge is 2.30. The van der Waals surface area contributed by atoms with Crippen molar-refractivity contribution in [2.24, 2.45) is 0 Å². The topological polar surface area (TPSA) is 91.3 Å². The fourth-order valence-corrected chi connectivity index (χ4v) is 1.62. The summed E-state index contributed by atoms with van der Waals surface area (Å²) in [5, 5.41) is 16.5. The van der Waals surface area contributed by atoms with E-state index in [0.29, 0.717) is 11.6 Å². The molecule has 0 aromatic carbocycles. The van der Waals surface area contributed by atoms with Gasteiger partial charge in [-0.2, -0.15) is 0 Å². The van der Waals surface area contributed by atoms with Crippen molar-refractivity contribution in [3.05, 3.63) is 11.6 Å². The van der Waals surface area contributed by atoms with Crippen LogP contribution in [0.25, 0.3) is 0 Å². The van der Waals surface area contributed by atoms with E-state index in [4.69, 9.17) is 5.11 Å². The number of rotatable bonds is 6. The van der Waals surface area contributed by atoms with Gasteiger partial charge in [-0.25, -0.2) is 4.98 Å². The van der Waals surface area contributed by atoms with Crippen molar-refractivity contribution in [2.75, 3.05) is 11.9 Å². The number of aromatic nitrogens is 1. The molecular formula is C10H15N3O3S. The zero-order valence-electron chi connectivity index (χ0n) is 9.69. The first-order chi connectivity index (χ1) is 7.98. The molecule has 7 heteroatoms. The van der Waals surface area contributed by atoms with Gasteiger partial charge in [-0.15, -0.1) is 11.3 Å². The Balaban J connectivity index is 2.45. The molecule has 94 valence electrons.